The summed E-state index contributed by atoms with van der Waals surface area (Å²) in [4.78, 5) is 27.3. The summed E-state index contributed by atoms with van der Waals surface area (Å²) in [5.41, 5.74) is 1.12. The Balaban J connectivity index is 2.01. The average molecular weight is 287 g/mol. The summed E-state index contributed by atoms with van der Waals surface area (Å²) in [5.74, 6) is 0. The van der Waals surface area contributed by atoms with Gasteiger partial charge in [0.2, 0.25) is 0 Å². The van der Waals surface area contributed by atoms with E-state index in [9.17, 15) is 14.9 Å². The number of nitro benzene ring substituents is 1. The molecular weight excluding hydrogens is 278 g/mol. The number of benzene rings is 1. The van der Waals surface area contributed by atoms with Gasteiger partial charge in [-0.1, -0.05) is 12.1 Å². The average Bonchev–Trinajstić information content (AvgIpc) is 2.91. The van der Waals surface area contributed by atoms with Gasteiger partial charge in [0.1, 0.15) is 0 Å². The third-order valence-electron chi connectivity index (χ3n) is 2.93. The maximum atomic E-state index is 12.2. The van der Waals surface area contributed by atoms with E-state index < -0.39 is 4.92 Å². The molecule has 0 fully saturated rings. The third kappa shape index (κ3) is 2.19. The van der Waals surface area contributed by atoms with Crippen molar-refractivity contribution in [3.63, 3.8) is 0 Å². The summed E-state index contributed by atoms with van der Waals surface area (Å²) < 4.78 is 1.48. The number of fused-ring (bicyclic) bond motifs is 1. The molecule has 2 aromatic heterocycles. The van der Waals surface area contributed by atoms with Crippen molar-refractivity contribution in [2.75, 3.05) is 0 Å². The molecule has 0 atom stereocenters. The molecule has 0 unspecified atom stereocenters. The van der Waals surface area contributed by atoms with Crippen molar-refractivity contribution in [1.82, 2.24) is 9.38 Å². The fourth-order valence-electron chi connectivity index (χ4n) is 1.98. The summed E-state index contributed by atoms with van der Waals surface area (Å²) in [6, 6.07) is 6.27. The molecule has 0 aliphatic carbocycles. The van der Waals surface area contributed by atoms with Crippen LogP contribution in [0.1, 0.15) is 11.1 Å². The fourth-order valence-corrected chi connectivity index (χ4v) is 2.66. The third-order valence-corrected chi connectivity index (χ3v) is 3.70. The minimum atomic E-state index is -0.448. The highest BCUT2D eigenvalue weighted by molar-refractivity contribution is 7.15. The summed E-state index contributed by atoms with van der Waals surface area (Å²) >= 11 is 1.39. The molecule has 0 saturated carbocycles. The second-order valence-corrected chi connectivity index (χ2v) is 5.12. The van der Waals surface area contributed by atoms with Crippen molar-refractivity contribution in [2.24, 2.45) is 0 Å². The number of hydrogen-bond acceptors (Lipinski definition) is 5. The van der Waals surface area contributed by atoms with Gasteiger partial charge in [0.25, 0.3) is 11.2 Å². The topological polar surface area (TPSA) is 77.5 Å². The van der Waals surface area contributed by atoms with Crippen molar-refractivity contribution in [1.29, 1.82) is 0 Å². The van der Waals surface area contributed by atoms with Crippen LogP contribution >= 0.6 is 11.3 Å². The first-order chi connectivity index (χ1) is 9.65. The molecule has 1 aromatic carbocycles. The van der Waals surface area contributed by atoms with Crippen LogP contribution in [0.15, 0.2) is 46.8 Å². The largest absolute Gasteiger partial charge is 0.269 e. The lowest BCUT2D eigenvalue weighted by atomic mass is 10.1. The molecule has 20 heavy (non-hydrogen) atoms. The van der Waals surface area contributed by atoms with Gasteiger partial charge in [0.15, 0.2) is 4.96 Å². The van der Waals surface area contributed by atoms with E-state index in [0.29, 0.717) is 22.5 Å². The van der Waals surface area contributed by atoms with Gasteiger partial charge in [0, 0.05) is 41.9 Å². The van der Waals surface area contributed by atoms with Crippen LogP contribution in [0, 0.1) is 10.1 Å². The van der Waals surface area contributed by atoms with Gasteiger partial charge in [-0.3, -0.25) is 19.3 Å². The van der Waals surface area contributed by atoms with Crippen LogP contribution < -0.4 is 5.56 Å². The zero-order valence-corrected chi connectivity index (χ0v) is 11.0. The Morgan fingerprint density at radius 3 is 3.05 bits per heavy atom. The lowest BCUT2D eigenvalue weighted by Crippen LogP contribution is -2.17. The van der Waals surface area contributed by atoms with E-state index in [4.69, 9.17) is 0 Å². The molecular formula is C13H9N3O3S. The van der Waals surface area contributed by atoms with Crippen molar-refractivity contribution in [2.45, 2.75) is 6.42 Å². The first-order valence-corrected chi connectivity index (χ1v) is 6.70. The van der Waals surface area contributed by atoms with Gasteiger partial charge in [-0.05, 0) is 5.56 Å². The van der Waals surface area contributed by atoms with Gasteiger partial charge in [-0.15, -0.1) is 11.3 Å². The van der Waals surface area contributed by atoms with E-state index in [0.717, 1.165) is 0 Å². The quantitative estimate of drug-likeness (QED) is 0.547. The Labute approximate surface area is 117 Å². The van der Waals surface area contributed by atoms with Crippen LogP contribution in [-0.4, -0.2) is 14.3 Å². The normalized spacial score (nSPS) is 10.8. The summed E-state index contributed by atoms with van der Waals surface area (Å²) in [6.07, 6.45) is 3.53. The zero-order chi connectivity index (χ0) is 14.1. The monoisotopic (exact) mass is 287 g/mol. The molecule has 0 bridgehead atoms. The Morgan fingerprint density at radius 1 is 1.40 bits per heavy atom. The number of nitro groups is 1. The zero-order valence-electron chi connectivity index (χ0n) is 10.2. The van der Waals surface area contributed by atoms with Crippen LogP contribution in [0.4, 0.5) is 5.69 Å². The molecule has 0 spiro atoms. The predicted octanol–water partition coefficient (Wildman–Crippen LogP) is 2.25. The number of thiazole rings is 1. The van der Waals surface area contributed by atoms with Crippen molar-refractivity contribution in [3.8, 4) is 0 Å². The second kappa shape index (κ2) is 4.86. The van der Waals surface area contributed by atoms with Crippen molar-refractivity contribution >= 4 is 22.0 Å². The molecule has 3 rings (SSSR count). The molecule has 6 nitrogen and oxygen atoms in total. The number of aromatic nitrogens is 2. The SMILES string of the molecule is O=c1c(Cc2cccc([N+](=O)[O-])c2)cnc2sccn12. The molecule has 0 amide bonds. The minimum absolute atomic E-state index is 0.0205. The number of non-ortho nitro benzene ring substituents is 1. The van der Waals surface area contributed by atoms with Crippen molar-refractivity contribution in [3.05, 3.63) is 73.6 Å². The van der Waals surface area contributed by atoms with E-state index >= 15 is 0 Å². The molecule has 3 aromatic rings. The molecule has 7 heteroatoms. The van der Waals surface area contributed by atoms with Gasteiger partial charge < -0.3 is 0 Å². The molecule has 0 N–H and O–H groups in total. The molecule has 2 heterocycles. The lowest BCUT2D eigenvalue weighted by molar-refractivity contribution is -0.384. The molecule has 100 valence electrons. The Hall–Kier alpha value is -2.54. The van der Waals surface area contributed by atoms with Crippen LogP contribution in [-0.2, 0) is 6.42 Å². The van der Waals surface area contributed by atoms with Gasteiger partial charge >= 0.3 is 0 Å². The van der Waals surface area contributed by atoms with Gasteiger partial charge in [-0.25, -0.2) is 4.98 Å². The lowest BCUT2D eigenvalue weighted by Gasteiger charge is -2.02. The molecule has 0 aliphatic rings. The first-order valence-electron chi connectivity index (χ1n) is 5.82. The Bertz CT molecular complexity index is 853. The van der Waals surface area contributed by atoms with E-state index in [1.165, 1.54) is 34.1 Å². The number of hydrogen-bond donors (Lipinski definition) is 0. The van der Waals surface area contributed by atoms with E-state index in [1.807, 2.05) is 0 Å². The number of rotatable bonds is 3. The van der Waals surface area contributed by atoms with Gasteiger partial charge in [0.05, 0.1) is 4.92 Å². The highest BCUT2D eigenvalue weighted by Gasteiger charge is 2.09. The van der Waals surface area contributed by atoms with Gasteiger partial charge in [-0.2, -0.15) is 0 Å². The van der Waals surface area contributed by atoms with E-state index in [2.05, 4.69) is 4.98 Å². The van der Waals surface area contributed by atoms with Crippen LogP contribution in [0.5, 0.6) is 0 Å². The highest BCUT2D eigenvalue weighted by atomic mass is 32.1. The fraction of sp³-hybridized carbons (Fsp3) is 0.0769. The van der Waals surface area contributed by atoms with Crippen molar-refractivity contribution < 1.29 is 4.92 Å². The van der Waals surface area contributed by atoms with Crippen LogP contribution in [0.3, 0.4) is 0 Å². The summed E-state index contributed by atoms with van der Waals surface area (Å²) in [7, 11) is 0. The van der Waals surface area contributed by atoms with E-state index in [-0.39, 0.29) is 11.2 Å². The van der Waals surface area contributed by atoms with E-state index in [1.54, 1.807) is 23.7 Å². The minimum Gasteiger partial charge on any atom is -0.269 e. The molecule has 0 aliphatic heterocycles. The summed E-state index contributed by atoms with van der Waals surface area (Å²) in [5, 5.41) is 12.5. The number of nitrogens with zero attached hydrogens (tertiary/aromatic N) is 3. The second-order valence-electron chi connectivity index (χ2n) is 4.25. The van der Waals surface area contributed by atoms with Crippen LogP contribution in [0.2, 0.25) is 0 Å². The maximum absolute atomic E-state index is 12.2. The summed E-state index contributed by atoms with van der Waals surface area (Å²) in [6.45, 7) is 0. The maximum Gasteiger partial charge on any atom is 0.269 e. The molecule has 0 saturated heterocycles. The van der Waals surface area contributed by atoms with Crippen LogP contribution in [0.25, 0.3) is 4.96 Å². The predicted molar refractivity (Wildman–Crippen MR) is 75.2 cm³/mol. The Kier molecular flexibility index (Phi) is 3.03. The Morgan fingerprint density at radius 2 is 2.25 bits per heavy atom. The highest BCUT2D eigenvalue weighted by Crippen LogP contribution is 2.15. The first kappa shape index (κ1) is 12.5. The molecule has 0 radical (unpaired) electrons. The standard InChI is InChI=1S/C13H9N3O3S/c17-12-10(8-14-13-15(12)4-5-20-13)6-9-2-1-3-11(7-9)16(18)19/h1-5,7-8H,6H2. The smallest absolute Gasteiger partial charge is 0.269 e.